The van der Waals surface area contributed by atoms with Crippen LogP contribution in [0.15, 0.2) is 0 Å². The Kier molecular flexibility index (Phi) is 5.26. The number of aliphatic hydroxyl groups excluding tert-OH is 1. The number of hydrogen-bond donors (Lipinski definition) is 1. The van der Waals surface area contributed by atoms with E-state index >= 15 is 0 Å². The number of carbonyl (C=O) groups excluding carboxylic acids is 1. The van der Waals surface area contributed by atoms with Gasteiger partial charge in [-0.05, 0) is 19.3 Å². The summed E-state index contributed by atoms with van der Waals surface area (Å²) in [6.45, 7) is 2.36. The Morgan fingerprint density at radius 1 is 1.20 bits per heavy atom. The molecule has 0 radical (unpaired) electrons. The van der Waals surface area contributed by atoms with Crippen molar-refractivity contribution < 1.29 is 14.4 Å². The Hall–Kier alpha value is -0.410. The molecular weight excluding hydrogens is 190 g/mol. The van der Waals surface area contributed by atoms with Crippen molar-refractivity contribution in [2.24, 2.45) is 0 Å². The molecule has 1 saturated heterocycles. The molecule has 1 aliphatic rings. The molecule has 0 aromatic rings. The Balaban J connectivity index is 2.06. The first-order chi connectivity index (χ1) is 7.19. The maximum atomic E-state index is 11.6. The van der Waals surface area contributed by atoms with Crippen molar-refractivity contribution in [1.29, 1.82) is 0 Å². The van der Waals surface area contributed by atoms with E-state index in [4.69, 9.17) is 5.11 Å². The van der Waals surface area contributed by atoms with Gasteiger partial charge < -0.3 is 5.11 Å². The van der Waals surface area contributed by atoms with E-state index in [0.717, 1.165) is 45.2 Å². The molecule has 3 heteroatoms. The number of carbonyl (C=O) groups is 1. The number of amides is 1. The fraction of sp³-hybridized carbons (Fsp3) is 0.917. The molecule has 0 aromatic carbocycles. The largest absolute Gasteiger partial charge is 0.396 e. The van der Waals surface area contributed by atoms with Gasteiger partial charge in [0.25, 0.3) is 0 Å². The maximum absolute atomic E-state index is 11.6. The molecule has 15 heavy (non-hydrogen) atoms. The Labute approximate surface area is 92.7 Å². The van der Waals surface area contributed by atoms with Crippen LogP contribution in [-0.4, -0.2) is 42.2 Å². The number of unbranched alkanes of at least 4 members (excludes halogenated alkanes) is 4. The zero-order valence-electron chi connectivity index (χ0n) is 9.87. The molecule has 3 nitrogen and oxygen atoms in total. The molecule has 1 atom stereocenters. The van der Waals surface area contributed by atoms with Crippen LogP contribution < -0.4 is 0 Å². The minimum atomic E-state index is 0.312. The molecule has 0 saturated carbocycles. The average Bonchev–Trinajstić information content (AvgIpc) is 2.54. The lowest BCUT2D eigenvalue weighted by Crippen LogP contribution is -2.45. The molecular formula is C12H24NO2+. The van der Waals surface area contributed by atoms with E-state index in [1.165, 1.54) is 12.8 Å². The first-order valence-corrected chi connectivity index (χ1v) is 6.18. The second kappa shape index (κ2) is 6.23. The van der Waals surface area contributed by atoms with Crippen LogP contribution >= 0.6 is 0 Å². The molecule has 1 unspecified atom stereocenters. The van der Waals surface area contributed by atoms with Gasteiger partial charge in [-0.1, -0.05) is 12.8 Å². The van der Waals surface area contributed by atoms with Crippen LogP contribution in [0.1, 0.15) is 44.9 Å². The molecule has 0 aliphatic carbocycles. The van der Waals surface area contributed by atoms with Crippen molar-refractivity contribution in [2.75, 3.05) is 26.7 Å². The Bertz CT molecular complexity index is 206. The van der Waals surface area contributed by atoms with Crippen LogP contribution in [0.5, 0.6) is 0 Å². The molecule has 1 heterocycles. The number of hydrogen-bond acceptors (Lipinski definition) is 2. The van der Waals surface area contributed by atoms with Gasteiger partial charge in [0.1, 0.15) is 0 Å². The van der Waals surface area contributed by atoms with Gasteiger partial charge in [-0.2, -0.15) is 0 Å². The summed E-state index contributed by atoms with van der Waals surface area (Å²) in [6.07, 6.45) is 7.42. The van der Waals surface area contributed by atoms with Crippen LogP contribution in [0.25, 0.3) is 0 Å². The highest BCUT2D eigenvalue weighted by Gasteiger charge is 2.35. The predicted octanol–water partition coefficient (Wildman–Crippen LogP) is 1.70. The fourth-order valence-electron chi connectivity index (χ4n) is 2.31. The molecule has 1 amide bonds. The molecule has 0 spiro atoms. The third kappa shape index (κ3) is 3.92. The third-order valence-corrected chi connectivity index (χ3v) is 3.45. The van der Waals surface area contributed by atoms with Crippen molar-refractivity contribution in [3.05, 3.63) is 0 Å². The number of aliphatic hydroxyl groups is 1. The number of likely N-dealkylation sites (tertiary alicyclic amines) is 1. The second-order valence-electron chi connectivity index (χ2n) is 4.83. The van der Waals surface area contributed by atoms with Gasteiger partial charge in [0, 0.05) is 13.0 Å². The number of quaternary nitrogens is 1. The summed E-state index contributed by atoms with van der Waals surface area (Å²) in [5, 5.41) is 8.62. The molecule has 0 aromatic heterocycles. The predicted molar refractivity (Wildman–Crippen MR) is 60.3 cm³/mol. The zero-order valence-corrected chi connectivity index (χ0v) is 9.87. The highest BCUT2D eigenvalue weighted by atomic mass is 16.2. The Morgan fingerprint density at radius 3 is 2.47 bits per heavy atom. The fourth-order valence-corrected chi connectivity index (χ4v) is 2.31. The van der Waals surface area contributed by atoms with Gasteiger partial charge >= 0.3 is 5.91 Å². The van der Waals surface area contributed by atoms with Gasteiger partial charge in [-0.15, -0.1) is 0 Å². The summed E-state index contributed by atoms with van der Waals surface area (Å²) in [4.78, 5) is 11.6. The average molecular weight is 214 g/mol. The molecule has 1 rings (SSSR count). The summed E-state index contributed by atoms with van der Waals surface area (Å²) >= 11 is 0. The summed E-state index contributed by atoms with van der Waals surface area (Å²) in [5.41, 5.74) is 0. The van der Waals surface area contributed by atoms with E-state index < -0.39 is 0 Å². The van der Waals surface area contributed by atoms with Crippen molar-refractivity contribution in [3.63, 3.8) is 0 Å². The highest BCUT2D eigenvalue weighted by Crippen LogP contribution is 2.19. The van der Waals surface area contributed by atoms with Gasteiger partial charge in [0.05, 0.1) is 26.6 Å². The first-order valence-electron chi connectivity index (χ1n) is 6.18. The van der Waals surface area contributed by atoms with E-state index in [1.807, 2.05) is 0 Å². The zero-order chi connectivity index (χ0) is 11.1. The van der Waals surface area contributed by atoms with Crippen LogP contribution in [-0.2, 0) is 4.79 Å². The maximum Gasteiger partial charge on any atom is 0.313 e. The molecule has 1 fully saturated rings. The number of rotatable bonds is 7. The van der Waals surface area contributed by atoms with E-state index in [1.54, 1.807) is 0 Å². The SMILES string of the molecule is C[N+]1(CCCCCCCO)CCCC1=O. The lowest BCUT2D eigenvalue weighted by atomic mass is 10.1. The minimum Gasteiger partial charge on any atom is -0.396 e. The van der Waals surface area contributed by atoms with Crippen LogP contribution in [0, 0.1) is 0 Å². The van der Waals surface area contributed by atoms with Gasteiger partial charge in [-0.25, -0.2) is 4.79 Å². The monoisotopic (exact) mass is 214 g/mol. The van der Waals surface area contributed by atoms with Crippen LogP contribution in [0.4, 0.5) is 0 Å². The first kappa shape index (κ1) is 12.7. The van der Waals surface area contributed by atoms with E-state index in [2.05, 4.69) is 7.05 Å². The van der Waals surface area contributed by atoms with Crippen molar-refractivity contribution in [1.82, 2.24) is 0 Å². The summed E-state index contributed by atoms with van der Waals surface area (Å²) in [6, 6.07) is 0. The summed E-state index contributed by atoms with van der Waals surface area (Å²) in [7, 11) is 2.07. The molecule has 1 aliphatic heterocycles. The van der Waals surface area contributed by atoms with E-state index in [9.17, 15) is 4.79 Å². The van der Waals surface area contributed by atoms with E-state index in [0.29, 0.717) is 17.0 Å². The van der Waals surface area contributed by atoms with Gasteiger partial charge in [0.2, 0.25) is 0 Å². The summed E-state index contributed by atoms with van der Waals surface area (Å²) < 4.78 is 0.667. The molecule has 1 N–H and O–H groups in total. The lowest BCUT2D eigenvalue weighted by Gasteiger charge is -2.26. The molecule has 0 bridgehead atoms. The van der Waals surface area contributed by atoms with Crippen LogP contribution in [0.2, 0.25) is 0 Å². The summed E-state index contributed by atoms with van der Waals surface area (Å²) in [5.74, 6) is 0.422. The van der Waals surface area contributed by atoms with E-state index in [-0.39, 0.29) is 0 Å². The normalized spacial score (nSPS) is 26.1. The Morgan fingerprint density at radius 2 is 1.87 bits per heavy atom. The molecule has 88 valence electrons. The minimum absolute atomic E-state index is 0.312. The topological polar surface area (TPSA) is 37.3 Å². The van der Waals surface area contributed by atoms with Gasteiger partial charge in [-0.3, -0.25) is 4.48 Å². The van der Waals surface area contributed by atoms with Crippen molar-refractivity contribution in [3.8, 4) is 0 Å². The van der Waals surface area contributed by atoms with Crippen molar-refractivity contribution in [2.45, 2.75) is 44.9 Å². The number of nitrogens with zero attached hydrogens (tertiary/aromatic N) is 1. The third-order valence-electron chi connectivity index (χ3n) is 3.45. The lowest BCUT2D eigenvalue weighted by molar-refractivity contribution is -0.826. The smallest absolute Gasteiger partial charge is 0.313 e. The second-order valence-corrected chi connectivity index (χ2v) is 4.83. The standard InChI is InChI=1S/C12H24NO2/c1-13(10-7-8-12(13)15)9-5-3-2-4-6-11-14/h14H,2-11H2,1H3/q+1. The highest BCUT2D eigenvalue weighted by molar-refractivity contribution is 5.70. The van der Waals surface area contributed by atoms with Crippen molar-refractivity contribution >= 4 is 5.91 Å². The quantitative estimate of drug-likeness (QED) is 0.517. The van der Waals surface area contributed by atoms with Crippen LogP contribution in [0.3, 0.4) is 0 Å². The van der Waals surface area contributed by atoms with Gasteiger partial charge in [0.15, 0.2) is 0 Å².